The standard InChI is InChI=1S/C13H11N3O/c17-8-11-7-16(9-15-11)12-3-4-13-10(6-12)2-1-5-14-13/h1-7,9,17H,8H2. The fourth-order valence-electron chi connectivity index (χ4n) is 1.81. The van der Waals surface area contributed by atoms with Gasteiger partial charge < -0.3 is 9.67 Å². The molecule has 0 radical (unpaired) electrons. The molecular weight excluding hydrogens is 214 g/mol. The first-order valence-corrected chi connectivity index (χ1v) is 5.36. The summed E-state index contributed by atoms with van der Waals surface area (Å²) in [5.74, 6) is 0. The van der Waals surface area contributed by atoms with Gasteiger partial charge in [-0.15, -0.1) is 0 Å². The van der Waals surface area contributed by atoms with Crippen molar-refractivity contribution in [2.45, 2.75) is 6.61 Å². The Balaban J connectivity index is 2.11. The minimum Gasteiger partial charge on any atom is -0.390 e. The first-order valence-electron chi connectivity index (χ1n) is 5.36. The average Bonchev–Trinajstić information content (AvgIpc) is 2.87. The Morgan fingerprint density at radius 2 is 2.12 bits per heavy atom. The van der Waals surface area contributed by atoms with Gasteiger partial charge in [-0.2, -0.15) is 0 Å². The second-order valence-corrected chi connectivity index (χ2v) is 3.81. The van der Waals surface area contributed by atoms with Crippen LogP contribution in [0.25, 0.3) is 16.6 Å². The van der Waals surface area contributed by atoms with E-state index < -0.39 is 0 Å². The van der Waals surface area contributed by atoms with Gasteiger partial charge in [0.1, 0.15) is 0 Å². The summed E-state index contributed by atoms with van der Waals surface area (Å²) < 4.78 is 1.89. The zero-order valence-corrected chi connectivity index (χ0v) is 9.11. The van der Waals surface area contributed by atoms with Gasteiger partial charge in [0.15, 0.2) is 0 Å². The van der Waals surface area contributed by atoms with E-state index in [-0.39, 0.29) is 6.61 Å². The summed E-state index contributed by atoms with van der Waals surface area (Å²) in [7, 11) is 0. The SMILES string of the molecule is OCc1cn(-c2ccc3ncccc3c2)cn1. The molecule has 3 aromatic rings. The van der Waals surface area contributed by atoms with Crippen LogP contribution in [0.1, 0.15) is 5.69 Å². The lowest BCUT2D eigenvalue weighted by atomic mass is 10.2. The second kappa shape index (κ2) is 3.99. The topological polar surface area (TPSA) is 50.9 Å². The highest BCUT2D eigenvalue weighted by Crippen LogP contribution is 2.16. The number of nitrogens with zero attached hydrogens (tertiary/aromatic N) is 3. The summed E-state index contributed by atoms with van der Waals surface area (Å²) in [6.45, 7) is -0.0395. The van der Waals surface area contributed by atoms with Gasteiger partial charge in [0.25, 0.3) is 0 Å². The first kappa shape index (κ1) is 9.99. The molecule has 2 aromatic heterocycles. The molecule has 0 amide bonds. The van der Waals surface area contributed by atoms with E-state index in [1.165, 1.54) is 0 Å². The van der Waals surface area contributed by atoms with Crippen molar-refractivity contribution >= 4 is 10.9 Å². The van der Waals surface area contributed by atoms with Crippen molar-refractivity contribution < 1.29 is 5.11 Å². The van der Waals surface area contributed by atoms with E-state index >= 15 is 0 Å². The van der Waals surface area contributed by atoms with Crippen LogP contribution in [-0.2, 0) is 6.61 Å². The Kier molecular flexibility index (Phi) is 2.34. The van der Waals surface area contributed by atoms with Crippen molar-refractivity contribution in [3.05, 3.63) is 54.7 Å². The van der Waals surface area contributed by atoms with Gasteiger partial charge in [0, 0.05) is 23.5 Å². The highest BCUT2D eigenvalue weighted by Gasteiger charge is 2.01. The summed E-state index contributed by atoms with van der Waals surface area (Å²) >= 11 is 0. The van der Waals surface area contributed by atoms with Gasteiger partial charge in [0.2, 0.25) is 0 Å². The zero-order chi connectivity index (χ0) is 11.7. The summed E-state index contributed by atoms with van der Waals surface area (Å²) in [6.07, 6.45) is 5.30. The third-order valence-electron chi connectivity index (χ3n) is 2.68. The Morgan fingerprint density at radius 1 is 1.18 bits per heavy atom. The molecule has 1 aromatic carbocycles. The van der Waals surface area contributed by atoms with E-state index in [9.17, 15) is 0 Å². The molecule has 0 spiro atoms. The summed E-state index contributed by atoms with van der Waals surface area (Å²) in [5.41, 5.74) is 2.65. The molecule has 1 N–H and O–H groups in total. The third-order valence-corrected chi connectivity index (χ3v) is 2.68. The fraction of sp³-hybridized carbons (Fsp3) is 0.0769. The van der Waals surface area contributed by atoms with Gasteiger partial charge in [-0.05, 0) is 24.3 Å². The van der Waals surface area contributed by atoms with E-state index in [0.717, 1.165) is 16.6 Å². The monoisotopic (exact) mass is 225 g/mol. The number of aliphatic hydroxyl groups is 1. The maximum atomic E-state index is 8.98. The van der Waals surface area contributed by atoms with Gasteiger partial charge in [-0.3, -0.25) is 4.98 Å². The number of benzene rings is 1. The predicted octanol–water partition coefficient (Wildman–Crippen LogP) is 1.91. The number of rotatable bonds is 2. The number of aliphatic hydroxyl groups excluding tert-OH is 1. The van der Waals surface area contributed by atoms with Crippen molar-refractivity contribution in [1.82, 2.24) is 14.5 Å². The highest BCUT2D eigenvalue weighted by molar-refractivity contribution is 5.80. The second-order valence-electron chi connectivity index (χ2n) is 3.81. The van der Waals surface area contributed by atoms with Crippen LogP contribution in [0.2, 0.25) is 0 Å². The number of imidazole rings is 1. The number of aromatic nitrogens is 3. The Hall–Kier alpha value is -2.20. The summed E-state index contributed by atoms with van der Waals surface area (Å²) in [6, 6.07) is 9.95. The maximum absolute atomic E-state index is 8.98. The maximum Gasteiger partial charge on any atom is 0.0996 e. The number of hydrogen-bond acceptors (Lipinski definition) is 3. The number of hydrogen-bond donors (Lipinski definition) is 1. The van der Waals surface area contributed by atoms with Crippen LogP contribution in [0.3, 0.4) is 0 Å². The number of pyridine rings is 1. The predicted molar refractivity (Wildman–Crippen MR) is 64.8 cm³/mol. The Bertz CT molecular complexity index is 660. The third kappa shape index (κ3) is 1.79. The molecule has 0 bridgehead atoms. The first-order chi connectivity index (χ1) is 8.36. The minimum atomic E-state index is -0.0395. The van der Waals surface area contributed by atoms with Crippen LogP contribution in [0.15, 0.2) is 49.1 Å². The van der Waals surface area contributed by atoms with E-state index in [1.807, 2.05) is 41.1 Å². The molecule has 0 unspecified atom stereocenters. The lowest BCUT2D eigenvalue weighted by Gasteiger charge is -2.03. The molecule has 4 nitrogen and oxygen atoms in total. The van der Waals surface area contributed by atoms with Crippen LogP contribution in [0.4, 0.5) is 0 Å². The zero-order valence-electron chi connectivity index (χ0n) is 9.11. The molecule has 84 valence electrons. The molecule has 2 heterocycles. The van der Waals surface area contributed by atoms with E-state index in [4.69, 9.17) is 5.11 Å². The molecule has 0 aliphatic carbocycles. The molecule has 0 aliphatic heterocycles. The average molecular weight is 225 g/mol. The van der Waals surface area contributed by atoms with Gasteiger partial charge in [0.05, 0.1) is 24.1 Å². The van der Waals surface area contributed by atoms with Crippen LogP contribution in [0.5, 0.6) is 0 Å². The lowest BCUT2D eigenvalue weighted by molar-refractivity contribution is 0.277. The quantitative estimate of drug-likeness (QED) is 0.724. The van der Waals surface area contributed by atoms with Crippen LogP contribution >= 0.6 is 0 Å². The Labute approximate surface area is 98.2 Å². The summed E-state index contributed by atoms with van der Waals surface area (Å²) in [5, 5.41) is 10.1. The summed E-state index contributed by atoms with van der Waals surface area (Å²) in [4.78, 5) is 8.36. The number of fused-ring (bicyclic) bond motifs is 1. The van der Waals surface area contributed by atoms with Gasteiger partial charge >= 0.3 is 0 Å². The minimum absolute atomic E-state index is 0.0395. The highest BCUT2D eigenvalue weighted by atomic mass is 16.3. The molecule has 0 saturated carbocycles. The molecule has 3 rings (SSSR count). The Morgan fingerprint density at radius 3 is 2.94 bits per heavy atom. The normalized spacial score (nSPS) is 10.9. The van der Waals surface area contributed by atoms with Crippen molar-refractivity contribution in [2.24, 2.45) is 0 Å². The van der Waals surface area contributed by atoms with Crippen LogP contribution < -0.4 is 0 Å². The van der Waals surface area contributed by atoms with Crippen molar-refractivity contribution in [1.29, 1.82) is 0 Å². The van der Waals surface area contributed by atoms with E-state index in [0.29, 0.717) is 5.69 Å². The van der Waals surface area contributed by atoms with Crippen molar-refractivity contribution in [3.63, 3.8) is 0 Å². The molecule has 17 heavy (non-hydrogen) atoms. The molecule has 0 aliphatic rings. The van der Waals surface area contributed by atoms with Crippen LogP contribution in [0, 0.1) is 0 Å². The fourth-order valence-corrected chi connectivity index (χ4v) is 1.81. The smallest absolute Gasteiger partial charge is 0.0996 e. The van der Waals surface area contributed by atoms with Crippen molar-refractivity contribution in [3.8, 4) is 5.69 Å². The van der Waals surface area contributed by atoms with Crippen molar-refractivity contribution in [2.75, 3.05) is 0 Å². The molecule has 4 heteroatoms. The van der Waals surface area contributed by atoms with Crippen LogP contribution in [-0.4, -0.2) is 19.6 Å². The van der Waals surface area contributed by atoms with Gasteiger partial charge in [-0.25, -0.2) is 4.98 Å². The largest absolute Gasteiger partial charge is 0.390 e. The molecular formula is C13H11N3O. The van der Waals surface area contributed by atoms with E-state index in [1.54, 1.807) is 12.5 Å². The molecule has 0 saturated heterocycles. The lowest BCUT2D eigenvalue weighted by Crippen LogP contribution is -1.90. The van der Waals surface area contributed by atoms with Gasteiger partial charge in [-0.1, -0.05) is 6.07 Å². The molecule has 0 fully saturated rings. The van der Waals surface area contributed by atoms with E-state index in [2.05, 4.69) is 9.97 Å². The molecule has 0 atom stereocenters.